The third-order valence-electron chi connectivity index (χ3n) is 3.52. The Hall–Kier alpha value is -1.16. The lowest BCUT2D eigenvalue weighted by Crippen LogP contribution is -2.39. The number of nitrogens with zero attached hydrogens (tertiary/aromatic N) is 2. The normalized spacial score (nSPS) is 24.2. The smallest absolute Gasteiger partial charge is 0.260 e. The molecule has 0 radical (unpaired) electrons. The van der Waals surface area contributed by atoms with Gasteiger partial charge >= 0.3 is 0 Å². The number of anilines is 1. The van der Waals surface area contributed by atoms with Crippen molar-refractivity contribution in [1.82, 2.24) is 14.1 Å². The Labute approximate surface area is 120 Å². The minimum absolute atomic E-state index is 0.000119. The summed E-state index contributed by atoms with van der Waals surface area (Å²) in [6, 6.07) is -0.160. The van der Waals surface area contributed by atoms with Gasteiger partial charge in [0.25, 0.3) is 10.0 Å². The number of thiazole rings is 1. The number of sulfonamides is 1. The molecule has 2 aromatic rings. The minimum Gasteiger partial charge on any atom is -0.393 e. The van der Waals surface area contributed by atoms with E-state index in [1.165, 1.54) is 15.7 Å². The zero-order valence-corrected chi connectivity index (χ0v) is 12.3. The molecule has 0 atom stereocenters. The van der Waals surface area contributed by atoms with Crippen molar-refractivity contribution in [3.63, 3.8) is 0 Å². The van der Waals surface area contributed by atoms with E-state index < -0.39 is 10.0 Å². The minimum atomic E-state index is -3.71. The molecule has 1 aliphatic rings. The Bertz CT molecular complexity index is 713. The molecular weight excluding hydrogens is 300 g/mol. The first-order valence-corrected chi connectivity index (χ1v) is 8.75. The van der Waals surface area contributed by atoms with Gasteiger partial charge in [0.1, 0.15) is 0 Å². The highest BCUT2D eigenvalue weighted by Gasteiger charge is 2.29. The molecule has 0 spiro atoms. The summed E-state index contributed by atoms with van der Waals surface area (Å²) >= 11 is 1.33. The Kier molecular flexibility index (Phi) is 3.44. The topological polar surface area (TPSA) is 110 Å². The van der Waals surface area contributed by atoms with Gasteiger partial charge in [0, 0.05) is 17.6 Å². The standard InChI is InChI=1S/C11H16N4O3S2/c12-9-10(15-5-6-19-11(15)13-9)20(17,18)14-7-1-3-8(16)4-2-7/h5-8,14,16H,1-4,12H2. The number of aliphatic hydroxyl groups is 1. The molecule has 0 amide bonds. The van der Waals surface area contributed by atoms with Crippen molar-refractivity contribution in [2.24, 2.45) is 0 Å². The number of aliphatic hydroxyl groups excluding tert-OH is 1. The van der Waals surface area contributed by atoms with Gasteiger partial charge in [-0.05, 0) is 25.7 Å². The monoisotopic (exact) mass is 316 g/mol. The van der Waals surface area contributed by atoms with Crippen molar-refractivity contribution < 1.29 is 13.5 Å². The van der Waals surface area contributed by atoms with Gasteiger partial charge in [-0.25, -0.2) is 18.1 Å². The second-order valence-electron chi connectivity index (χ2n) is 4.98. The van der Waals surface area contributed by atoms with Crippen molar-refractivity contribution in [2.75, 3.05) is 5.73 Å². The third kappa shape index (κ3) is 2.41. The van der Waals surface area contributed by atoms with Crippen molar-refractivity contribution in [3.05, 3.63) is 11.6 Å². The lowest BCUT2D eigenvalue weighted by atomic mass is 9.94. The fourth-order valence-electron chi connectivity index (χ4n) is 2.52. The van der Waals surface area contributed by atoms with Crippen LogP contribution in [-0.4, -0.2) is 35.1 Å². The van der Waals surface area contributed by atoms with Gasteiger partial charge < -0.3 is 10.8 Å². The highest BCUT2D eigenvalue weighted by Crippen LogP contribution is 2.25. The van der Waals surface area contributed by atoms with Crippen LogP contribution < -0.4 is 10.5 Å². The number of aromatic nitrogens is 2. The lowest BCUT2D eigenvalue weighted by Gasteiger charge is -2.25. The molecule has 4 N–H and O–H groups in total. The van der Waals surface area contributed by atoms with Gasteiger partial charge in [-0.1, -0.05) is 0 Å². The Balaban J connectivity index is 1.88. The van der Waals surface area contributed by atoms with Crippen LogP contribution in [0.15, 0.2) is 16.6 Å². The molecule has 20 heavy (non-hydrogen) atoms. The molecule has 2 heterocycles. The SMILES string of the molecule is Nc1nc2sccn2c1S(=O)(=O)NC1CCC(O)CC1. The molecule has 1 aliphatic carbocycles. The average molecular weight is 316 g/mol. The largest absolute Gasteiger partial charge is 0.393 e. The van der Waals surface area contributed by atoms with Crippen molar-refractivity contribution >= 4 is 32.1 Å². The summed E-state index contributed by atoms with van der Waals surface area (Å²) in [5.74, 6) is 0.0141. The number of nitrogens with one attached hydrogen (secondary N) is 1. The molecule has 3 rings (SSSR count). The van der Waals surface area contributed by atoms with Gasteiger partial charge in [0.15, 0.2) is 15.8 Å². The van der Waals surface area contributed by atoms with Crippen LogP contribution in [-0.2, 0) is 10.0 Å². The van der Waals surface area contributed by atoms with Gasteiger partial charge in [0.2, 0.25) is 0 Å². The quantitative estimate of drug-likeness (QED) is 0.766. The Morgan fingerprint density at radius 3 is 2.80 bits per heavy atom. The predicted octanol–water partition coefficient (Wildman–Crippen LogP) is 0.560. The van der Waals surface area contributed by atoms with Crippen molar-refractivity contribution in [1.29, 1.82) is 0 Å². The molecule has 1 fully saturated rings. The van der Waals surface area contributed by atoms with Gasteiger partial charge in [-0.15, -0.1) is 11.3 Å². The Morgan fingerprint density at radius 1 is 1.40 bits per heavy atom. The molecule has 0 saturated heterocycles. The first kappa shape index (κ1) is 13.8. The van der Waals surface area contributed by atoms with Crippen molar-refractivity contribution in [3.8, 4) is 0 Å². The van der Waals surface area contributed by atoms with Gasteiger partial charge in [-0.3, -0.25) is 4.40 Å². The van der Waals surface area contributed by atoms with Crippen LogP contribution >= 0.6 is 11.3 Å². The van der Waals surface area contributed by atoms with Gasteiger partial charge in [0.05, 0.1) is 6.10 Å². The maximum absolute atomic E-state index is 12.5. The van der Waals surface area contributed by atoms with Crippen LogP contribution in [0.1, 0.15) is 25.7 Å². The summed E-state index contributed by atoms with van der Waals surface area (Å²) in [7, 11) is -3.71. The summed E-state index contributed by atoms with van der Waals surface area (Å²) in [6.07, 6.45) is 3.81. The van der Waals surface area contributed by atoms with E-state index in [1.54, 1.807) is 11.6 Å². The van der Waals surface area contributed by atoms with E-state index in [0.717, 1.165) is 0 Å². The van der Waals surface area contributed by atoms with E-state index in [1.807, 2.05) is 0 Å². The number of nitrogen functional groups attached to an aromatic ring is 1. The average Bonchev–Trinajstić information content (AvgIpc) is 2.91. The number of hydrogen-bond donors (Lipinski definition) is 3. The highest BCUT2D eigenvalue weighted by molar-refractivity contribution is 7.89. The van der Waals surface area contributed by atoms with E-state index in [2.05, 4.69) is 9.71 Å². The second kappa shape index (κ2) is 4.99. The Morgan fingerprint density at radius 2 is 2.10 bits per heavy atom. The number of hydrogen-bond acceptors (Lipinski definition) is 6. The van der Waals surface area contributed by atoms with Crippen molar-refractivity contribution in [2.45, 2.75) is 42.9 Å². The van der Waals surface area contributed by atoms with Crippen LogP contribution in [0.5, 0.6) is 0 Å². The molecule has 0 aromatic carbocycles. The summed E-state index contributed by atoms with van der Waals surface area (Å²) in [6.45, 7) is 0. The van der Waals surface area contributed by atoms with E-state index in [0.29, 0.717) is 30.6 Å². The summed E-state index contributed by atoms with van der Waals surface area (Å²) in [5.41, 5.74) is 5.73. The lowest BCUT2D eigenvalue weighted by molar-refractivity contribution is 0.120. The van der Waals surface area contributed by atoms with E-state index in [9.17, 15) is 13.5 Å². The number of fused-ring (bicyclic) bond motifs is 1. The van der Waals surface area contributed by atoms with E-state index >= 15 is 0 Å². The first-order valence-electron chi connectivity index (χ1n) is 6.39. The number of rotatable bonds is 3. The van der Waals surface area contributed by atoms with Crippen LogP contribution in [0.3, 0.4) is 0 Å². The fraction of sp³-hybridized carbons (Fsp3) is 0.545. The molecular formula is C11H16N4O3S2. The van der Waals surface area contributed by atoms with Crippen LogP contribution in [0.4, 0.5) is 5.82 Å². The van der Waals surface area contributed by atoms with E-state index in [-0.39, 0.29) is 23.0 Å². The fourth-order valence-corrected chi connectivity index (χ4v) is 4.81. The van der Waals surface area contributed by atoms with Crippen LogP contribution in [0.25, 0.3) is 4.96 Å². The van der Waals surface area contributed by atoms with Crippen LogP contribution in [0.2, 0.25) is 0 Å². The maximum Gasteiger partial charge on any atom is 0.260 e. The molecule has 0 unspecified atom stereocenters. The van der Waals surface area contributed by atoms with Crippen LogP contribution in [0, 0.1) is 0 Å². The molecule has 110 valence electrons. The second-order valence-corrected chi connectivity index (χ2v) is 7.49. The molecule has 2 aromatic heterocycles. The molecule has 7 nitrogen and oxygen atoms in total. The molecule has 1 saturated carbocycles. The van der Waals surface area contributed by atoms with Gasteiger partial charge in [-0.2, -0.15) is 0 Å². The zero-order chi connectivity index (χ0) is 14.3. The molecule has 9 heteroatoms. The maximum atomic E-state index is 12.5. The highest BCUT2D eigenvalue weighted by atomic mass is 32.2. The molecule has 0 bridgehead atoms. The summed E-state index contributed by atoms with van der Waals surface area (Å²) in [4.78, 5) is 4.60. The summed E-state index contributed by atoms with van der Waals surface area (Å²) < 4.78 is 29.1. The number of imidazole rings is 1. The molecule has 0 aliphatic heterocycles. The number of nitrogens with two attached hydrogens (primary N) is 1. The van der Waals surface area contributed by atoms with E-state index in [4.69, 9.17) is 5.73 Å². The first-order chi connectivity index (χ1) is 9.47. The third-order valence-corrected chi connectivity index (χ3v) is 5.83. The zero-order valence-electron chi connectivity index (χ0n) is 10.7. The summed E-state index contributed by atoms with van der Waals surface area (Å²) in [5, 5.41) is 11.2. The predicted molar refractivity (Wildman–Crippen MR) is 76.1 cm³/mol.